The zero-order valence-electron chi connectivity index (χ0n) is 12.0. The van der Waals surface area contributed by atoms with Crippen molar-refractivity contribution < 1.29 is 14.7 Å². The molecule has 0 radical (unpaired) electrons. The number of carboxylic acid groups (broad SMARTS) is 1. The number of aliphatic carboxylic acids is 1. The molecule has 0 bridgehead atoms. The summed E-state index contributed by atoms with van der Waals surface area (Å²) in [5, 5.41) is 18.9. The second-order valence-corrected chi connectivity index (χ2v) is 5.10. The fourth-order valence-corrected chi connectivity index (χ4v) is 2.16. The van der Waals surface area contributed by atoms with Crippen LogP contribution in [0.5, 0.6) is 0 Å². The molecule has 0 saturated carbocycles. The van der Waals surface area contributed by atoms with E-state index in [2.05, 4.69) is 20.5 Å². The minimum Gasteiger partial charge on any atom is -0.480 e. The largest absolute Gasteiger partial charge is 0.480 e. The molecule has 0 spiro atoms. The van der Waals surface area contributed by atoms with Crippen molar-refractivity contribution in [2.24, 2.45) is 0 Å². The smallest absolute Gasteiger partial charge is 0.325 e. The second-order valence-electron chi connectivity index (χ2n) is 5.10. The zero-order chi connectivity index (χ0) is 15.2. The quantitative estimate of drug-likeness (QED) is 0.754. The molecule has 2 heterocycles. The fraction of sp³-hybridized carbons (Fsp3) is 0.667. The molecule has 9 nitrogen and oxygen atoms in total. The van der Waals surface area contributed by atoms with Gasteiger partial charge in [-0.1, -0.05) is 5.21 Å². The lowest BCUT2D eigenvalue weighted by Gasteiger charge is -2.20. The van der Waals surface area contributed by atoms with Crippen molar-refractivity contribution in [2.45, 2.75) is 19.5 Å². The molecule has 116 valence electrons. The van der Waals surface area contributed by atoms with Crippen molar-refractivity contribution in [3.8, 4) is 0 Å². The highest BCUT2D eigenvalue weighted by Crippen LogP contribution is 2.02. The molecular weight excluding hydrogens is 276 g/mol. The standard InChI is InChI=1S/C12H20N6O3/c1-16-3-2-4-17(6-5-16)12(21)13-7-10-8-18(15-14-10)9-11(19)20/h8H,2-7,9H2,1H3,(H,13,21)(H,19,20). The van der Waals surface area contributed by atoms with Gasteiger partial charge in [0, 0.05) is 19.6 Å². The Morgan fingerprint density at radius 3 is 2.90 bits per heavy atom. The summed E-state index contributed by atoms with van der Waals surface area (Å²) in [5.41, 5.74) is 0.538. The number of carbonyl (C=O) groups excluding carboxylic acids is 1. The SMILES string of the molecule is CN1CCCN(C(=O)NCc2cn(CC(=O)O)nn2)CC1. The number of nitrogens with one attached hydrogen (secondary N) is 1. The normalized spacial score (nSPS) is 16.5. The van der Waals surface area contributed by atoms with Crippen molar-refractivity contribution in [2.75, 3.05) is 33.2 Å². The third kappa shape index (κ3) is 4.71. The van der Waals surface area contributed by atoms with Crippen LogP contribution in [-0.2, 0) is 17.9 Å². The van der Waals surface area contributed by atoms with Gasteiger partial charge in [0.05, 0.1) is 12.7 Å². The highest BCUT2D eigenvalue weighted by molar-refractivity contribution is 5.74. The van der Waals surface area contributed by atoms with Gasteiger partial charge >= 0.3 is 12.0 Å². The molecule has 2 rings (SSSR count). The molecule has 0 unspecified atom stereocenters. The van der Waals surface area contributed by atoms with E-state index in [1.54, 1.807) is 4.90 Å². The number of carbonyl (C=O) groups is 2. The minimum atomic E-state index is -0.982. The van der Waals surface area contributed by atoms with Crippen LogP contribution < -0.4 is 5.32 Å². The number of hydrogen-bond donors (Lipinski definition) is 2. The third-order valence-electron chi connectivity index (χ3n) is 3.31. The van der Waals surface area contributed by atoms with Crippen molar-refractivity contribution in [3.63, 3.8) is 0 Å². The van der Waals surface area contributed by atoms with Gasteiger partial charge in [-0.15, -0.1) is 5.10 Å². The van der Waals surface area contributed by atoms with E-state index in [1.807, 2.05) is 7.05 Å². The van der Waals surface area contributed by atoms with E-state index in [1.165, 1.54) is 10.9 Å². The monoisotopic (exact) mass is 296 g/mol. The lowest BCUT2D eigenvalue weighted by molar-refractivity contribution is -0.137. The van der Waals surface area contributed by atoms with Crippen LogP contribution in [0.3, 0.4) is 0 Å². The van der Waals surface area contributed by atoms with Crippen molar-refractivity contribution in [1.29, 1.82) is 0 Å². The number of rotatable bonds is 4. The van der Waals surface area contributed by atoms with Gasteiger partial charge < -0.3 is 20.2 Å². The number of likely N-dealkylation sites (N-methyl/N-ethyl adjacent to an activating group) is 1. The number of nitrogens with zero attached hydrogens (tertiary/aromatic N) is 5. The maximum absolute atomic E-state index is 12.1. The summed E-state index contributed by atoms with van der Waals surface area (Å²) in [4.78, 5) is 26.6. The van der Waals surface area contributed by atoms with Gasteiger partial charge in [0.1, 0.15) is 12.2 Å². The van der Waals surface area contributed by atoms with Gasteiger partial charge in [-0.25, -0.2) is 9.48 Å². The van der Waals surface area contributed by atoms with Crippen LogP contribution in [0.4, 0.5) is 4.79 Å². The maximum Gasteiger partial charge on any atom is 0.325 e. The molecule has 1 aliphatic heterocycles. The number of aromatic nitrogens is 3. The molecule has 1 aromatic heterocycles. The Bertz CT molecular complexity index is 503. The second kappa shape index (κ2) is 7.02. The van der Waals surface area contributed by atoms with Gasteiger partial charge in [0.25, 0.3) is 0 Å². The van der Waals surface area contributed by atoms with E-state index in [4.69, 9.17) is 5.11 Å². The Kier molecular flexibility index (Phi) is 5.09. The molecule has 1 saturated heterocycles. The maximum atomic E-state index is 12.1. The molecule has 0 atom stereocenters. The van der Waals surface area contributed by atoms with Gasteiger partial charge in [-0.05, 0) is 20.0 Å². The first-order valence-electron chi connectivity index (χ1n) is 6.86. The molecule has 1 fully saturated rings. The van der Waals surface area contributed by atoms with Crippen LogP contribution in [-0.4, -0.2) is 75.1 Å². The number of carboxylic acids is 1. The first-order chi connectivity index (χ1) is 10.0. The summed E-state index contributed by atoms with van der Waals surface area (Å²) < 4.78 is 1.23. The Morgan fingerprint density at radius 2 is 2.14 bits per heavy atom. The molecule has 0 aliphatic carbocycles. The summed E-state index contributed by atoms with van der Waals surface area (Å²) >= 11 is 0. The van der Waals surface area contributed by atoms with Crippen LogP contribution in [0.1, 0.15) is 12.1 Å². The summed E-state index contributed by atoms with van der Waals surface area (Å²) in [6, 6.07) is -0.127. The van der Waals surface area contributed by atoms with Gasteiger partial charge in [0.2, 0.25) is 0 Å². The topological polar surface area (TPSA) is 104 Å². The van der Waals surface area contributed by atoms with E-state index in [0.29, 0.717) is 12.2 Å². The molecule has 2 amide bonds. The Morgan fingerprint density at radius 1 is 1.33 bits per heavy atom. The van der Waals surface area contributed by atoms with Crippen molar-refractivity contribution >= 4 is 12.0 Å². The van der Waals surface area contributed by atoms with Gasteiger partial charge in [0.15, 0.2) is 0 Å². The molecule has 0 aromatic carbocycles. The summed E-state index contributed by atoms with van der Waals surface area (Å²) in [6.07, 6.45) is 2.48. The first kappa shape index (κ1) is 15.2. The Balaban J connectivity index is 1.80. The minimum absolute atomic E-state index is 0.127. The Labute approximate surface area is 122 Å². The van der Waals surface area contributed by atoms with E-state index < -0.39 is 5.97 Å². The Hall–Kier alpha value is -2.16. The van der Waals surface area contributed by atoms with Gasteiger partial charge in [-0.2, -0.15) is 0 Å². The van der Waals surface area contributed by atoms with Crippen LogP contribution in [0, 0.1) is 0 Å². The summed E-state index contributed by atoms with van der Waals surface area (Å²) in [5.74, 6) is -0.982. The van der Waals surface area contributed by atoms with Crippen LogP contribution in [0.15, 0.2) is 6.20 Å². The molecular formula is C12H20N6O3. The lowest BCUT2D eigenvalue weighted by atomic mass is 10.4. The lowest BCUT2D eigenvalue weighted by Crippen LogP contribution is -2.41. The van der Waals surface area contributed by atoms with E-state index in [-0.39, 0.29) is 19.1 Å². The van der Waals surface area contributed by atoms with E-state index >= 15 is 0 Å². The predicted octanol–water partition coefficient (Wildman–Crippen LogP) is -0.790. The third-order valence-corrected chi connectivity index (χ3v) is 3.31. The predicted molar refractivity (Wildman–Crippen MR) is 73.6 cm³/mol. The highest BCUT2D eigenvalue weighted by Gasteiger charge is 2.17. The average molecular weight is 296 g/mol. The van der Waals surface area contributed by atoms with Crippen molar-refractivity contribution in [1.82, 2.24) is 30.1 Å². The van der Waals surface area contributed by atoms with Crippen molar-refractivity contribution in [3.05, 3.63) is 11.9 Å². The van der Waals surface area contributed by atoms with E-state index in [9.17, 15) is 9.59 Å². The number of urea groups is 1. The highest BCUT2D eigenvalue weighted by atomic mass is 16.4. The zero-order valence-corrected chi connectivity index (χ0v) is 12.0. The fourth-order valence-electron chi connectivity index (χ4n) is 2.16. The summed E-state index contributed by atoms with van der Waals surface area (Å²) in [6.45, 7) is 3.30. The van der Waals surface area contributed by atoms with Crippen LogP contribution in [0.25, 0.3) is 0 Å². The molecule has 1 aliphatic rings. The average Bonchev–Trinajstić information content (AvgIpc) is 2.74. The van der Waals surface area contributed by atoms with Crippen LogP contribution >= 0.6 is 0 Å². The van der Waals surface area contributed by atoms with Gasteiger partial charge in [-0.3, -0.25) is 4.79 Å². The van der Waals surface area contributed by atoms with Crippen LogP contribution in [0.2, 0.25) is 0 Å². The summed E-state index contributed by atoms with van der Waals surface area (Å²) in [7, 11) is 2.04. The number of hydrogen-bond acceptors (Lipinski definition) is 5. The number of amides is 2. The first-order valence-corrected chi connectivity index (χ1v) is 6.86. The molecule has 9 heteroatoms. The molecule has 2 N–H and O–H groups in total. The molecule has 1 aromatic rings. The van der Waals surface area contributed by atoms with E-state index in [0.717, 1.165) is 26.1 Å². The molecule has 21 heavy (non-hydrogen) atoms.